The van der Waals surface area contributed by atoms with Gasteiger partial charge in [-0.1, -0.05) is 0 Å². The SMILES string of the molecule is CC(C)(C)OC(=O)Cn1nc(Br)cc1CC#N. The van der Waals surface area contributed by atoms with Gasteiger partial charge in [-0.15, -0.1) is 0 Å². The molecule has 92 valence electrons. The quantitative estimate of drug-likeness (QED) is 0.801. The standard InChI is InChI=1S/C11H14BrN3O2/c1-11(2,3)17-10(16)7-15-8(4-5-13)6-9(12)14-15/h6H,4,7H2,1-3H3. The van der Waals surface area contributed by atoms with Gasteiger partial charge in [0.25, 0.3) is 0 Å². The van der Waals surface area contributed by atoms with Crippen LogP contribution in [0, 0.1) is 11.3 Å². The Hall–Kier alpha value is -1.35. The molecule has 1 heterocycles. The number of carbonyl (C=O) groups is 1. The third-order valence-electron chi connectivity index (χ3n) is 1.79. The van der Waals surface area contributed by atoms with E-state index in [2.05, 4.69) is 21.0 Å². The van der Waals surface area contributed by atoms with E-state index in [1.807, 2.05) is 6.07 Å². The zero-order valence-electron chi connectivity index (χ0n) is 10.0. The van der Waals surface area contributed by atoms with Gasteiger partial charge in [0.15, 0.2) is 0 Å². The van der Waals surface area contributed by atoms with Crippen LogP contribution in [-0.2, 0) is 22.5 Å². The number of hydrogen-bond acceptors (Lipinski definition) is 4. The molecule has 0 unspecified atom stereocenters. The molecular weight excluding hydrogens is 286 g/mol. The van der Waals surface area contributed by atoms with Crippen molar-refractivity contribution in [1.29, 1.82) is 5.26 Å². The predicted molar refractivity (Wildman–Crippen MR) is 65.1 cm³/mol. The van der Waals surface area contributed by atoms with E-state index in [1.54, 1.807) is 26.8 Å². The van der Waals surface area contributed by atoms with Gasteiger partial charge in [0.1, 0.15) is 16.7 Å². The fourth-order valence-electron chi connectivity index (χ4n) is 1.28. The smallest absolute Gasteiger partial charge is 0.328 e. The average molecular weight is 300 g/mol. The number of hydrogen-bond donors (Lipinski definition) is 0. The maximum Gasteiger partial charge on any atom is 0.328 e. The number of halogens is 1. The largest absolute Gasteiger partial charge is 0.459 e. The summed E-state index contributed by atoms with van der Waals surface area (Å²) >= 11 is 3.21. The molecule has 6 heteroatoms. The van der Waals surface area contributed by atoms with Gasteiger partial charge in [0.2, 0.25) is 0 Å². The summed E-state index contributed by atoms with van der Waals surface area (Å²) in [4.78, 5) is 11.6. The molecule has 0 saturated heterocycles. The number of nitrogens with zero attached hydrogens (tertiary/aromatic N) is 3. The first-order valence-electron chi connectivity index (χ1n) is 5.13. The molecule has 0 N–H and O–H groups in total. The van der Waals surface area contributed by atoms with Crippen molar-refractivity contribution >= 4 is 21.9 Å². The van der Waals surface area contributed by atoms with Crippen LogP contribution in [0.3, 0.4) is 0 Å². The molecule has 1 aromatic rings. The summed E-state index contributed by atoms with van der Waals surface area (Å²) in [5, 5.41) is 12.7. The van der Waals surface area contributed by atoms with Crippen LogP contribution in [0.2, 0.25) is 0 Å². The van der Waals surface area contributed by atoms with E-state index in [9.17, 15) is 4.79 Å². The lowest BCUT2D eigenvalue weighted by molar-refractivity contribution is -0.155. The summed E-state index contributed by atoms with van der Waals surface area (Å²) in [6, 6.07) is 3.74. The first-order chi connectivity index (χ1) is 7.81. The number of rotatable bonds is 3. The average Bonchev–Trinajstić information content (AvgIpc) is 2.43. The summed E-state index contributed by atoms with van der Waals surface area (Å²) in [7, 11) is 0. The Bertz CT molecular complexity index is 454. The highest BCUT2D eigenvalue weighted by atomic mass is 79.9. The molecule has 0 amide bonds. The van der Waals surface area contributed by atoms with Crippen molar-refractivity contribution in [3.8, 4) is 6.07 Å². The van der Waals surface area contributed by atoms with Crippen molar-refractivity contribution in [2.75, 3.05) is 0 Å². The first kappa shape index (κ1) is 13.7. The van der Waals surface area contributed by atoms with Crippen LogP contribution in [0.25, 0.3) is 0 Å². The van der Waals surface area contributed by atoms with E-state index >= 15 is 0 Å². The van der Waals surface area contributed by atoms with E-state index in [-0.39, 0.29) is 18.9 Å². The van der Waals surface area contributed by atoms with Gasteiger partial charge in [-0.2, -0.15) is 10.4 Å². The zero-order chi connectivity index (χ0) is 13.1. The number of ether oxygens (including phenoxy) is 1. The molecule has 0 fully saturated rings. The van der Waals surface area contributed by atoms with E-state index in [1.165, 1.54) is 4.68 Å². The monoisotopic (exact) mass is 299 g/mol. The maximum atomic E-state index is 11.6. The molecule has 0 spiro atoms. The Balaban J connectivity index is 2.75. The Labute approximate surface area is 108 Å². The van der Waals surface area contributed by atoms with Crippen molar-refractivity contribution in [1.82, 2.24) is 9.78 Å². The second-order valence-corrected chi connectivity index (χ2v) is 5.35. The third kappa shape index (κ3) is 4.57. The van der Waals surface area contributed by atoms with Crippen LogP contribution in [-0.4, -0.2) is 21.4 Å². The molecule has 0 aromatic carbocycles. The highest BCUT2D eigenvalue weighted by Gasteiger charge is 2.18. The van der Waals surface area contributed by atoms with E-state index < -0.39 is 5.60 Å². The third-order valence-corrected chi connectivity index (χ3v) is 2.18. The van der Waals surface area contributed by atoms with Crippen LogP contribution in [0.5, 0.6) is 0 Å². The molecular formula is C11H14BrN3O2. The summed E-state index contributed by atoms with van der Waals surface area (Å²) in [6.07, 6.45) is 0.210. The van der Waals surface area contributed by atoms with Crippen molar-refractivity contribution in [2.45, 2.75) is 39.3 Å². The molecule has 0 bridgehead atoms. The van der Waals surface area contributed by atoms with Crippen LogP contribution in [0.4, 0.5) is 0 Å². The molecule has 1 aromatic heterocycles. The van der Waals surface area contributed by atoms with Gasteiger partial charge in [-0.05, 0) is 42.8 Å². The Morgan fingerprint density at radius 1 is 1.65 bits per heavy atom. The normalized spacial score (nSPS) is 11.0. The van der Waals surface area contributed by atoms with Gasteiger partial charge in [-0.25, -0.2) is 0 Å². The van der Waals surface area contributed by atoms with E-state index in [0.717, 1.165) is 0 Å². The number of aromatic nitrogens is 2. The second-order valence-electron chi connectivity index (χ2n) is 4.54. The van der Waals surface area contributed by atoms with Crippen molar-refractivity contribution in [3.63, 3.8) is 0 Å². The molecule has 0 aliphatic carbocycles. The maximum absolute atomic E-state index is 11.6. The summed E-state index contributed by atoms with van der Waals surface area (Å²) in [5.74, 6) is -0.368. The summed E-state index contributed by atoms with van der Waals surface area (Å²) < 4.78 is 7.26. The fraction of sp³-hybridized carbons (Fsp3) is 0.545. The number of esters is 1. The van der Waals surface area contributed by atoms with E-state index in [0.29, 0.717) is 10.3 Å². The summed E-state index contributed by atoms with van der Waals surface area (Å²) in [6.45, 7) is 5.43. The number of nitriles is 1. The molecule has 1 rings (SSSR count). The molecule has 17 heavy (non-hydrogen) atoms. The van der Waals surface area contributed by atoms with Crippen molar-refractivity contribution in [3.05, 3.63) is 16.4 Å². The van der Waals surface area contributed by atoms with Crippen molar-refractivity contribution < 1.29 is 9.53 Å². The van der Waals surface area contributed by atoms with Crippen LogP contribution in [0.1, 0.15) is 26.5 Å². The highest BCUT2D eigenvalue weighted by molar-refractivity contribution is 9.10. The molecule has 0 saturated carbocycles. The molecule has 0 atom stereocenters. The van der Waals surface area contributed by atoms with Gasteiger partial charge in [0, 0.05) is 0 Å². The lowest BCUT2D eigenvalue weighted by atomic mass is 10.2. The second kappa shape index (κ2) is 5.32. The Morgan fingerprint density at radius 3 is 2.82 bits per heavy atom. The van der Waals surface area contributed by atoms with Gasteiger partial charge < -0.3 is 4.74 Å². The fourth-order valence-corrected chi connectivity index (χ4v) is 1.73. The first-order valence-corrected chi connectivity index (χ1v) is 5.92. The minimum atomic E-state index is -0.517. The predicted octanol–water partition coefficient (Wildman–Crippen LogP) is 2.05. The molecule has 0 aliphatic rings. The number of carbonyl (C=O) groups excluding carboxylic acids is 1. The van der Waals surface area contributed by atoms with Gasteiger partial charge in [0.05, 0.1) is 18.2 Å². The Morgan fingerprint density at radius 2 is 2.29 bits per heavy atom. The van der Waals surface area contributed by atoms with Gasteiger partial charge >= 0.3 is 5.97 Å². The minimum Gasteiger partial charge on any atom is -0.459 e. The lowest BCUT2D eigenvalue weighted by Gasteiger charge is -2.19. The van der Waals surface area contributed by atoms with Crippen LogP contribution >= 0.6 is 15.9 Å². The molecule has 0 aliphatic heterocycles. The van der Waals surface area contributed by atoms with Gasteiger partial charge in [-0.3, -0.25) is 9.48 Å². The highest BCUT2D eigenvalue weighted by Crippen LogP contribution is 2.13. The zero-order valence-corrected chi connectivity index (χ0v) is 11.6. The van der Waals surface area contributed by atoms with E-state index in [4.69, 9.17) is 10.00 Å². The Kier molecular flexibility index (Phi) is 4.29. The summed E-state index contributed by atoms with van der Waals surface area (Å²) in [5.41, 5.74) is 0.168. The van der Waals surface area contributed by atoms with Crippen LogP contribution < -0.4 is 0 Å². The molecule has 5 nitrogen and oxygen atoms in total. The molecule has 0 radical (unpaired) electrons. The van der Waals surface area contributed by atoms with Crippen LogP contribution in [0.15, 0.2) is 10.7 Å². The van der Waals surface area contributed by atoms with Crippen molar-refractivity contribution in [2.24, 2.45) is 0 Å². The lowest BCUT2D eigenvalue weighted by Crippen LogP contribution is -2.27. The minimum absolute atomic E-state index is 0.0138. The topological polar surface area (TPSA) is 67.9 Å².